The fourth-order valence-electron chi connectivity index (χ4n) is 3.61. The standard InChI is InChI=1S/C20H26ClFN2O2/c1-2-4-19(25)23-11-9-14(10-12-23)20(26)24(15-7-8-15)13-16-17(21)5-3-6-18(16)22/h3,5-6,14-15H,2,4,7-13H2,1H3. The molecule has 1 aliphatic carbocycles. The third-order valence-electron chi connectivity index (χ3n) is 5.32. The van der Waals surface area contributed by atoms with Crippen LogP contribution < -0.4 is 0 Å². The van der Waals surface area contributed by atoms with E-state index >= 15 is 0 Å². The van der Waals surface area contributed by atoms with E-state index < -0.39 is 0 Å². The third kappa shape index (κ3) is 4.37. The number of benzene rings is 1. The molecule has 2 fully saturated rings. The Morgan fingerprint density at radius 3 is 2.50 bits per heavy atom. The predicted octanol–water partition coefficient (Wildman–Crippen LogP) is 4.01. The van der Waals surface area contributed by atoms with Crippen molar-refractivity contribution in [3.8, 4) is 0 Å². The van der Waals surface area contributed by atoms with Gasteiger partial charge in [-0.3, -0.25) is 9.59 Å². The maximum absolute atomic E-state index is 14.1. The van der Waals surface area contributed by atoms with Crippen LogP contribution in [0.3, 0.4) is 0 Å². The maximum Gasteiger partial charge on any atom is 0.226 e. The van der Waals surface area contributed by atoms with Crippen molar-refractivity contribution in [1.29, 1.82) is 0 Å². The molecule has 3 rings (SSSR count). The number of hydrogen-bond donors (Lipinski definition) is 0. The maximum atomic E-state index is 14.1. The van der Waals surface area contributed by atoms with Gasteiger partial charge in [0.25, 0.3) is 0 Å². The number of rotatable bonds is 6. The van der Waals surface area contributed by atoms with Crippen LogP contribution in [0.4, 0.5) is 4.39 Å². The summed E-state index contributed by atoms with van der Waals surface area (Å²) in [5, 5.41) is 0.364. The van der Waals surface area contributed by atoms with Crippen molar-refractivity contribution >= 4 is 23.4 Å². The molecule has 1 aromatic rings. The van der Waals surface area contributed by atoms with E-state index in [1.165, 1.54) is 6.07 Å². The summed E-state index contributed by atoms with van der Waals surface area (Å²) in [6.45, 7) is 3.49. The average molecular weight is 381 g/mol. The number of carbonyl (C=O) groups is 2. The first-order valence-electron chi connectivity index (χ1n) is 9.52. The summed E-state index contributed by atoms with van der Waals surface area (Å²) < 4.78 is 14.1. The highest BCUT2D eigenvalue weighted by atomic mass is 35.5. The Labute approximate surface area is 159 Å². The molecule has 0 bridgehead atoms. The Bertz CT molecular complexity index is 650. The van der Waals surface area contributed by atoms with Gasteiger partial charge < -0.3 is 9.80 Å². The van der Waals surface area contributed by atoms with Crippen LogP contribution >= 0.6 is 11.6 Å². The van der Waals surface area contributed by atoms with Crippen LogP contribution in [0.15, 0.2) is 18.2 Å². The number of carbonyl (C=O) groups excluding carboxylic acids is 2. The first-order valence-corrected chi connectivity index (χ1v) is 9.90. The predicted molar refractivity (Wildman–Crippen MR) is 99.2 cm³/mol. The minimum absolute atomic E-state index is 0.0782. The monoisotopic (exact) mass is 380 g/mol. The van der Waals surface area contributed by atoms with Crippen molar-refractivity contribution in [2.75, 3.05) is 13.1 Å². The minimum Gasteiger partial charge on any atom is -0.343 e. The lowest BCUT2D eigenvalue weighted by Crippen LogP contribution is -2.45. The minimum atomic E-state index is -0.365. The average Bonchev–Trinajstić information content (AvgIpc) is 3.46. The molecular formula is C20H26ClFN2O2. The molecule has 2 aliphatic rings. The lowest BCUT2D eigenvalue weighted by Gasteiger charge is -2.34. The van der Waals surface area contributed by atoms with Crippen molar-refractivity contribution in [2.24, 2.45) is 5.92 Å². The molecule has 1 saturated heterocycles. The van der Waals surface area contributed by atoms with Gasteiger partial charge in [0.15, 0.2) is 0 Å². The Balaban J connectivity index is 1.64. The molecule has 0 spiro atoms. The van der Waals surface area contributed by atoms with E-state index in [1.807, 2.05) is 11.8 Å². The van der Waals surface area contributed by atoms with Gasteiger partial charge in [-0.25, -0.2) is 4.39 Å². The van der Waals surface area contributed by atoms with Crippen LogP contribution in [-0.4, -0.2) is 40.7 Å². The zero-order chi connectivity index (χ0) is 18.7. The molecule has 0 radical (unpaired) electrons. The summed E-state index contributed by atoms with van der Waals surface area (Å²) in [5.41, 5.74) is 0.393. The zero-order valence-corrected chi connectivity index (χ0v) is 16.0. The van der Waals surface area contributed by atoms with Gasteiger partial charge in [0.05, 0.1) is 6.54 Å². The fourth-order valence-corrected chi connectivity index (χ4v) is 3.83. The van der Waals surface area contributed by atoms with E-state index in [1.54, 1.807) is 17.0 Å². The van der Waals surface area contributed by atoms with Crippen molar-refractivity contribution in [3.05, 3.63) is 34.6 Å². The number of nitrogens with zero attached hydrogens (tertiary/aromatic N) is 2. The van der Waals surface area contributed by atoms with E-state index in [0.717, 1.165) is 19.3 Å². The molecule has 142 valence electrons. The van der Waals surface area contributed by atoms with E-state index in [2.05, 4.69) is 0 Å². The molecule has 26 heavy (non-hydrogen) atoms. The fraction of sp³-hybridized carbons (Fsp3) is 0.600. The smallest absolute Gasteiger partial charge is 0.226 e. The summed E-state index contributed by atoms with van der Waals surface area (Å²) in [6, 6.07) is 4.81. The lowest BCUT2D eigenvalue weighted by atomic mass is 9.94. The van der Waals surface area contributed by atoms with Crippen molar-refractivity contribution in [2.45, 2.75) is 58.0 Å². The Hall–Kier alpha value is -1.62. The van der Waals surface area contributed by atoms with Gasteiger partial charge in [-0.15, -0.1) is 0 Å². The number of piperidine rings is 1. The summed E-state index contributed by atoms with van der Waals surface area (Å²) in [7, 11) is 0. The molecule has 1 saturated carbocycles. The third-order valence-corrected chi connectivity index (χ3v) is 5.68. The van der Waals surface area contributed by atoms with Crippen LogP contribution in [0.5, 0.6) is 0 Å². The molecular weight excluding hydrogens is 355 g/mol. The van der Waals surface area contributed by atoms with E-state index in [4.69, 9.17) is 11.6 Å². The molecule has 2 amide bonds. The highest BCUT2D eigenvalue weighted by molar-refractivity contribution is 6.31. The lowest BCUT2D eigenvalue weighted by molar-refractivity contribution is -0.141. The van der Waals surface area contributed by atoms with Gasteiger partial charge in [-0.2, -0.15) is 0 Å². The molecule has 0 atom stereocenters. The molecule has 1 heterocycles. The highest BCUT2D eigenvalue weighted by Crippen LogP contribution is 2.33. The molecule has 6 heteroatoms. The SMILES string of the molecule is CCCC(=O)N1CCC(C(=O)N(Cc2c(F)cccc2Cl)C2CC2)CC1. The van der Waals surface area contributed by atoms with Crippen LogP contribution in [0, 0.1) is 11.7 Å². The second-order valence-corrected chi connectivity index (χ2v) is 7.71. The molecule has 0 N–H and O–H groups in total. The molecule has 1 aliphatic heterocycles. The molecule has 1 aromatic carbocycles. The second kappa shape index (κ2) is 8.38. The Morgan fingerprint density at radius 1 is 1.23 bits per heavy atom. The number of hydrogen-bond acceptors (Lipinski definition) is 2. The van der Waals surface area contributed by atoms with E-state index in [9.17, 15) is 14.0 Å². The number of halogens is 2. The van der Waals surface area contributed by atoms with Crippen LogP contribution in [0.2, 0.25) is 5.02 Å². The summed E-state index contributed by atoms with van der Waals surface area (Å²) in [6.07, 6.45) is 4.71. The van der Waals surface area contributed by atoms with Crippen LogP contribution in [-0.2, 0) is 16.1 Å². The quantitative estimate of drug-likeness (QED) is 0.748. The van der Waals surface area contributed by atoms with Crippen molar-refractivity contribution < 1.29 is 14.0 Å². The van der Waals surface area contributed by atoms with Gasteiger partial charge in [0.1, 0.15) is 5.82 Å². The summed E-state index contributed by atoms with van der Waals surface area (Å²) in [5.74, 6) is -0.201. The highest BCUT2D eigenvalue weighted by Gasteiger charge is 2.38. The normalized spacial score (nSPS) is 18.0. The van der Waals surface area contributed by atoms with Gasteiger partial charge in [-0.1, -0.05) is 24.6 Å². The zero-order valence-electron chi connectivity index (χ0n) is 15.2. The van der Waals surface area contributed by atoms with Gasteiger partial charge in [-0.05, 0) is 44.2 Å². The van der Waals surface area contributed by atoms with Crippen LogP contribution in [0.1, 0.15) is 51.0 Å². The first kappa shape index (κ1) is 19.2. The van der Waals surface area contributed by atoms with Gasteiger partial charge >= 0.3 is 0 Å². The van der Waals surface area contributed by atoms with E-state index in [-0.39, 0.29) is 36.1 Å². The first-order chi connectivity index (χ1) is 12.5. The molecule has 0 unspecified atom stereocenters. The second-order valence-electron chi connectivity index (χ2n) is 7.30. The van der Waals surface area contributed by atoms with Crippen LogP contribution in [0.25, 0.3) is 0 Å². The number of amides is 2. The van der Waals surface area contributed by atoms with Gasteiger partial charge in [0.2, 0.25) is 11.8 Å². The van der Waals surface area contributed by atoms with Gasteiger partial charge in [0, 0.05) is 42.1 Å². The van der Waals surface area contributed by atoms with E-state index in [0.29, 0.717) is 42.9 Å². The molecule has 0 aromatic heterocycles. The summed E-state index contributed by atoms with van der Waals surface area (Å²) >= 11 is 6.15. The molecule has 4 nitrogen and oxygen atoms in total. The van der Waals surface area contributed by atoms with Crippen molar-refractivity contribution in [1.82, 2.24) is 9.80 Å². The topological polar surface area (TPSA) is 40.6 Å². The number of likely N-dealkylation sites (tertiary alicyclic amines) is 1. The van der Waals surface area contributed by atoms with Crippen molar-refractivity contribution in [3.63, 3.8) is 0 Å². The largest absolute Gasteiger partial charge is 0.343 e. The Kier molecular flexibility index (Phi) is 6.17. The Morgan fingerprint density at radius 2 is 1.92 bits per heavy atom. The summed E-state index contributed by atoms with van der Waals surface area (Å²) in [4.78, 5) is 28.8.